The van der Waals surface area contributed by atoms with Gasteiger partial charge >= 0.3 is 0 Å². The topological polar surface area (TPSA) is 29.9 Å². The van der Waals surface area contributed by atoms with Crippen LogP contribution in [0.25, 0.3) is 0 Å². The van der Waals surface area contributed by atoms with Crippen molar-refractivity contribution < 1.29 is 0 Å². The Hall–Kier alpha value is -1.29. The van der Waals surface area contributed by atoms with Crippen molar-refractivity contribution in [2.45, 2.75) is 45.2 Å². The molecule has 0 saturated heterocycles. The zero-order valence-corrected chi connectivity index (χ0v) is 11.5. The first-order valence-corrected chi connectivity index (χ1v) is 7.52. The summed E-state index contributed by atoms with van der Waals surface area (Å²) in [5, 5.41) is 5.59. The van der Waals surface area contributed by atoms with E-state index >= 15 is 0 Å². The van der Waals surface area contributed by atoms with Crippen LogP contribution in [0.5, 0.6) is 0 Å². The highest BCUT2D eigenvalue weighted by Crippen LogP contribution is 2.32. The Morgan fingerprint density at radius 2 is 2.28 bits per heavy atom. The van der Waals surface area contributed by atoms with Crippen molar-refractivity contribution in [1.82, 2.24) is 9.55 Å². The molecule has 0 unspecified atom stereocenters. The second-order valence-electron chi connectivity index (χ2n) is 4.98. The first-order valence-electron chi connectivity index (χ1n) is 6.64. The molecule has 3 rings (SSSR count). The van der Waals surface area contributed by atoms with Gasteiger partial charge in [0.1, 0.15) is 0 Å². The van der Waals surface area contributed by atoms with E-state index in [0.717, 1.165) is 18.2 Å². The lowest BCUT2D eigenvalue weighted by Gasteiger charge is -2.15. The van der Waals surface area contributed by atoms with E-state index in [1.807, 2.05) is 0 Å². The molecule has 0 aliphatic heterocycles. The molecule has 1 aliphatic rings. The van der Waals surface area contributed by atoms with Crippen molar-refractivity contribution in [3.63, 3.8) is 0 Å². The molecule has 0 radical (unpaired) electrons. The summed E-state index contributed by atoms with van der Waals surface area (Å²) >= 11 is 1.79. The van der Waals surface area contributed by atoms with Crippen LogP contribution in [0.4, 0.5) is 5.95 Å². The molecular formula is C14H19N3S. The van der Waals surface area contributed by atoms with Crippen LogP contribution in [0.1, 0.15) is 42.3 Å². The lowest BCUT2D eigenvalue weighted by molar-refractivity contribution is 0.522. The maximum absolute atomic E-state index is 4.61. The second kappa shape index (κ2) is 5.14. The Morgan fingerprint density at radius 1 is 1.44 bits per heavy atom. The van der Waals surface area contributed by atoms with Gasteiger partial charge in [-0.05, 0) is 31.2 Å². The predicted molar refractivity (Wildman–Crippen MR) is 76.1 cm³/mol. The molecule has 2 heterocycles. The largest absolute Gasteiger partial charge is 0.351 e. The van der Waals surface area contributed by atoms with Crippen molar-refractivity contribution in [2.75, 3.05) is 5.32 Å². The molecule has 2 aromatic heterocycles. The molecule has 1 saturated carbocycles. The third-order valence-electron chi connectivity index (χ3n) is 3.57. The Labute approximate surface area is 112 Å². The van der Waals surface area contributed by atoms with Crippen LogP contribution in [-0.2, 0) is 6.54 Å². The molecule has 0 atom stereocenters. The van der Waals surface area contributed by atoms with Gasteiger partial charge < -0.3 is 9.88 Å². The Balaban J connectivity index is 1.74. The highest BCUT2D eigenvalue weighted by molar-refractivity contribution is 7.09. The molecule has 3 nitrogen and oxygen atoms in total. The average Bonchev–Trinajstić information content (AvgIpc) is 3.08. The third kappa shape index (κ3) is 2.43. The fourth-order valence-electron chi connectivity index (χ4n) is 2.69. The van der Waals surface area contributed by atoms with Crippen LogP contribution in [-0.4, -0.2) is 9.55 Å². The summed E-state index contributed by atoms with van der Waals surface area (Å²) in [6.07, 6.45) is 7.48. The maximum atomic E-state index is 4.61. The van der Waals surface area contributed by atoms with E-state index in [0.29, 0.717) is 6.04 Å². The normalized spacial score (nSPS) is 16.3. The van der Waals surface area contributed by atoms with Crippen LogP contribution >= 0.6 is 11.3 Å². The van der Waals surface area contributed by atoms with Crippen molar-refractivity contribution >= 4 is 17.3 Å². The number of hydrogen-bond acceptors (Lipinski definition) is 3. The summed E-state index contributed by atoms with van der Waals surface area (Å²) in [6.45, 7) is 2.95. The molecule has 1 aliphatic carbocycles. The van der Waals surface area contributed by atoms with Crippen molar-refractivity contribution in [3.8, 4) is 0 Å². The van der Waals surface area contributed by atoms with Crippen LogP contribution in [0.3, 0.4) is 0 Å². The summed E-state index contributed by atoms with van der Waals surface area (Å²) in [6, 6.07) is 4.90. The van der Waals surface area contributed by atoms with E-state index in [9.17, 15) is 0 Å². The standard InChI is InChI=1S/C14H19N3S/c1-11-10-17(12-5-2-3-6-12)14(16-11)15-9-13-7-4-8-18-13/h4,7-8,10,12H,2-3,5-6,9H2,1H3,(H,15,16). The first-order chi connectivity index (χ1) is 8.83. The summed E-state index contributed by atoms with van der Waals surface area (Å²) < 4.78 is 2.34. The van der Waals surface area contributed by atoms with Gasteiger partial charge in [-0.1, -0.05) is 18.9 Å². The van der Waals surface area contributed by atoms with Crippen molar-refractivity contribution in [1.29, 1.82) is 0 Å². The molecule has 0 bridgehead atoms. The Morgan fingerprint density at radius 3 is 3.00 bits per heavy atom. The number of aromatic nitrogens is 2. The van der Waals surface area contributed by atoms with Gasteiger partial charge in [0.05, 0.1) is 12.2 Å². The molecule has 2 aromatic rings. The van der Waals surface area contributed by atoms with E-state index in [-0.39, 0.29) is 0 Å². The van der Waals surface area contributed by atoms with Crippen LogP contribution in [0.2, 0.25) is 0 Å². The molecule has 1 N–H and O–H groups in total. The fourth-order valence-corrected chi connectivity index (χ4v) is 3.33. The van der Waals surface area contributed by atoms with Crippen molar-refractivity contribution in [2.24, 2.45) is 0 Å². The van der Waals surface area contributed by atoms with Crippen LogP contribution < -0.4 is 5.32 Å². The first kappa shape index (κ1) is 11.8. The van der Waals surface area contributed by atoms with E-state index in [1.165, 1.54) is 30.6 Å². The predicted octanol–water partition coefficient (Wildman–Crippen LogP) is 3.98. The molecule has 4 heteroatoms. The van der Waals surface area contributed by atoms with Gasteiger partial charge in [-0.2, -0.15) is 0 Å². The van der Waals surface area contributed by atoms with Gasteiger partial charge in [-0.15, -0.1) is 11.3 Å². The SMILES string of the molecule is Cc1cn(C2CCCC2)c(NCc2cccs2)n1. The lowest BCUT2D eigenvalue weighted by atomic mass is 10.2. The quantitative estimate of drug-likeness (QED) is 0.902. The van der Waals surface area contributed by atoms with Crippen molar-refractivity contribution in [3.05, 3.63) is 34.3 Å². The lowest BCUT2D eigenvalue weighted by Crippen LogP contribution is -2.10. The zero-order chi connectivity index (χ0) is 12.4. The molecular weight excluding hydrogens is 242 g/mol. The Kier molecular flexibility index (Phi) is 3.37. The van der Waals surface area contributed by atoms with Crippen LogP contribution in [0.15, 0.2) is 23.7 Å². The number of anilines is 1. The third-order valence-corrected chi connectivity index (χ3v) is 4.45. The van der Waals surface area contributed by atoms with Gasteiger partial charge in [0, 0.05) is 17.1 Å². The summed E-state index contributed by atoms with van der Waals surface area (Å²) in [5.74, 6) is 1.04. The maximum Gasteiger partial charge on any atom is 0.203 e. The smallest absolute Gasteiger partial charge is 0.203 e. The summed E-state index contributed by atoms with van der Waals surface area (Å²) in [5.41, 5.74) is 1.11. The number of rotatable bonds is 4. The van der Waals surface area contributed by atoms with Gasteiger partial charge in [-0.3, -0.25) is 0 Å². The van der Waals surface area contributed by atoms with E-state index < -0.39 is 0 Å². The number of nitrogens with zero attached hydrogens (tertiary/aromatic N) is 2. The van der Waals surface area contributed by atoms with E-state index in [4.69, 9.17) is 0 Å². The fraction of sp³-hybridized carbons (Fsp3) is 0.500. The van der Waals surface area contributed by atoms with Gasteiger partial charge in [0.25, 0.3) is 0 Å². The Bertz CT molecular complexity index is 495. The molecule has 0 amide bonds. The number of thiophene rings is 1. The molecule has 0 spiro atoms. The minimum Gasteiger partial charge on any atom is -0.351 e. The second-order valence-corrected chi connectivity index (χ2v) is 6.02. The van der Waals surface area contributed by atoms with Gasteiger partial charge in [0.2, 0.25) is 5.95 Å². The summed E-state index contributed by atoms with van der Waals surface area (Å²) in [7, 11) is 0. The summed E-state index contributed by atoms with van der Waals surface area (Å²) in [4.78, 5) is 5.97. The zero-order valence-electron chi connectivity index (χ0n) is 10.7. The van der Waals surface area contributed by atoms with Crippen LogP contribution in [0, 0.1) is 6.92 Å². The molecule has 96 valence electrons. The number of aryl methyl sites for hydroxylation is 1. The number of nitrogens with one attached hydrogen (secondary N) is 1. The molecule has 18 heavy (non-hydrogen) atoms. The highest BCUT2D eigenvalue weighted by Gasteiger charge is 2.19. The molecule has 1 fully saturated rings. The number of imidazole rings is 1. The van der Waals surface area contributed by atoms with Gasteiger partial charge in [-0.25, -0.2) is 4.98 Å². The highest BCUT2D eigenvalue weighted by atomic mass is 32.1. The molecule has 0 aromatic carbocycles. The average molecular weight is 261 g/mol. The minimum absolute atomic E-state index is 0.650. The minimum atomic E-state index is 0.650. The van der Waals surface area contributed by atoms with E-state index in [2.05, 4.69) is 45.5 Å². The van der Waals surface area contributed by atoms with E-state index in [1.54, 1.807) is 11.3 Å². The van der Waals surface area contributed by atoms with Gasteiger partial charge in [0.15, 0.2) is 0 Å². The monoisotopic (exact) mass is 261 g/mol. The number of hydrogen-bond donors (Lipinski definition) is 1.